The molecule has 1 aliphatic heterocycles. The number of hydrogen-bond donors (Lipinski definition) is 2. The maximum absolute atomic E-state index is 4.85. The topological polar surface area (TPSA) is 39.7 Å². The fraction of sp³-hybridized carbons (Fsp3) is 0.944. The summed E-state index contributed by atoms with van der Waals surface area (Å²) in [6, 6.07) is 0.880. The lowest BCUT2D eigenvalue weighted by Crippen LogP contribution is -2.43. The van der Waals surface area contributed by atoms with E-state index in [2.05, 4.69) is 41.1 Å². The molecule has 6 heteroatoms. The standard InChI is InChI=1S/C18H34N4S.HI/c1-3-19-17(21-14-18(2)9-4-12-23-18)20-10-11-22(16-7-8-16)13-15-5-6-15;/h15-16H,3-14H2,1-2H3,(H2,19,20,21);1H. The Morgan fingerprint density at radius 2 is 2.04 bits per heavy atom. The lowest BCUT2D eigenvalue weighted by Gasteiger charge is -2.23. The van der Waals surface area contributed by atoms with Crippen molar-refractivity contribution in [2.45, 2.75) is 63.2 Å². The van der Waals surface area contributed by atoms with Crippen molar-refractivity contribution in [3.05, 3.63) is 0 Å². The molecule has 0 aromatic heterocycles. The molecule has 0 bridgehead atoms. The highest BCUT2D eigenvalue weighted by molar-refractivity contribution is 14.0. The van der Waals surface area contributed by atoms with Crippen LogP contribution in [0.4, 0.5) is 0 Å². The molecule has 1 unspecified atom stereocenters. The van der Waals surface area contributed by atoms with Crippen molar-refractivity contribution in [1.82, 2.24) is 15.5 Å². The molecular formula is C18H35IN4S. The lowest BCUT2D eigenvalue weighted by molar-refractivity contribution is 0.256. The van der Waals surface area contributed by atoms with Gasteiger partial charge in [0.25, 0.3) is 0 Å². The molecule has 3 fully saturated rings. The number of nitrogens with zero attached hydrogens (tertiary/aromatic N) is 2. The van der Waals surface area contributed by atoms with Crippen molar-refractivity contribution in [3.8, 4) is 0 Å². The van der Waals surface area contributed by atoms with Gasteiger partial charge in [-0.25, -0.2) is 0 Å². The van der Waals surface area contributed by atoms with E-state index in [1.165, 1.54) is 50.8 Å². The van der Waals surface area contributed by atoms with Gasteiger partial charge in [0.1, 0.15) is 0 Å². The maximum Gasteiger partial charge on any atom is 0.191 e. The molecule has 4 nitrogen and oxygen atoms in total. The third-order valence-electron chi connectivity index (χ3n) is 5.16. The molecule has 24 heavy (non-hydrogen) atoms. The zero-order valence-corrected chi connectivity index (χ0v) is 18.5. The van der Waals surface area contributed by atoms with Crippen LogP contribution in [0.15, 0.2) is 4.99 Å². The minimum Gasteiger partial charge on any atom is -0.357 e. The number of thioether (sulfide) groups is 1. The van der Waals surface area contributed by atoms with Gasteiger partial charge in [-0.1, -0.05) is 0 Å². The van der Waals surface area contributed by atoms with Gasteiger partial charge in [0, 0.05) is 37.0 Å². The second kappa shape index (κ2) is 9.86. The summed E-state index contributed by atoms with van der Waals surface area (Å²) >= 11 is 2.09. The first-order valence-electron chi connectivity index (χ1n) is 9.59. The SMILES string of the molecule is CCNC(=NCC1(C)CCCS1)NCCN(CC1CC1)C1CC1.I. The zero-order chi connectivity index (χ0) is 16.1. The van der Waals surface area contributed by atoms with Crippen LogP contribution < -0.4 is 10.6 Å². The van der Waals surface area contributed by atoms with Gasteiger partial charge in [0.15, 0.2) is 5.96 Å². The summed E-state index contributed by atoms with van der Waals surface area (Å²) in [4.78, 5) is 7.56. The normalized spacial score (nSPS) is 27.2. The number of guanidine groups is 1. The molecule has 2 aliphatic carbocycles. The number of halogens is 1. The summed E-state index contributed by atoms with van der Waals surface area (Å²) in [6.45, 7) is 9.88. The van der Waals surface area contributed by atoms with Crippen molar-refractivity contribution < 1.29 is 0 Å². The highest BCUT2D eigenvalue weighted by Gasteiger charge is 2.33. The van der Waals surface area contributed by atoms with Crippen molar-refractivity contribution in [2.75, 3.05) is 38.5 Å². The van der Waals surface area contributed by atoms with E-state index in [1.54, 1.807) is 0 Å². The molecule has 1 saturated heterocycles. The van der Waals surface area contributed by atoms with E-state index >= 15 is 0 Å². The number of hydrogen-bond acceptors (Lipinski definition) is 3. The molecule has 2 N–H and O–H groups in total. The first-order valence-corrected chi connectivity index (χ1v) is 10.6. The smallest absolute Gasteiger partial charge is 0.191 e. The van der Waals surface area contributed by atoms with E-state index in [9.17, 15) is 0 Å². The molecule has 0 aromatic rings. The Hall–Kier alpha value is 0.310. The molecule has 3 rings (SSSR count). The van der Waals surface area contributed by atoms with Gasteiger partial charge in [-0.15, -0.1) is 24.0 Å². The fourth-order valence-corrected chi connectivity index (χ4v) is 4.59. The number of aliphatic imine (C=N–C) groups is 1. The first kappa shape index (κ1) is 20.6. The summed E-state index contributed by atoms with van der Waals surface area (Å²) in [7, 11) is 0. The third kappa shape index (κ3) is 6.90. The molecule has 3 aliphatic rings. The minimum atomic E-state index is 0. The van der Waals surface area contributed by atoms with Gasteiger partial charge < -0.3 is 10.6 Å². The van der Waals surface area contributed by atoms with Gasteiger partial charge in [0.2, 0.25) is 0 Å². The van der Waals surface area contributed by atoms with Crippen LogP contribution in [-0.4, -0.2) is 60.1 Å². The Morgan fingerprint density at radius 3 is 2.62 bits per heavy atom. The lowest BCUT2D eigenvalue weighted by atomic mass is 10.1. The van der Waals surface area contributed by atoms with Crippen LogP contribution in [-0.2, 0) is 0 Å². The van der Waals surface area contributed by atoms with Crippen LogP contribution in [0.2, 0.25) is 0 Å². The van der Waals surface area contributed by atoms with Gasteiger partial charge in [-0.05, 0) is 64.0 Å². The van der Waals surface area contributed by atoms with E-state index in [0.29, 0.717) is 4.75 Å². The Morgan fingerprint density at radius 1 is 1.25 bits per heavy atom. The predicted molar refractivity (Wildman–Crippen MR) is 117 cm³/mol. The maximum atomic E-state index is 4.85. The molecule has 1 heterocycles. The fourth-order valence-electron chi connectivity index (χ4n) is 3.36. The quantitative estimate of drug-likeness (QED) is 0.311. The van der Waals surface area contributed by atoms with Crippen molar-refractivity contribution in [3.63, 3.8) is 0 Å². The van der Waals surface area contributed by atoms with Gasteiger partial charge >= 0.3 is 0 Å². The summed E-state index contributed by atoms with van der Waals surface area (Å²) in [5, 5.41) is 6.96. The Labute approximate surface area is 169 Å². The molecule has 0 amide bonds. The van der Waals surface area contributed by atoms with Crippen LogP contribution in [0, 0.1) is 5.92 Å². The monoisotopic (exact) mass is 466 g/mol. The van der Waals surface area contributed by atoms with Crippen molar-refractivity contribution in [1.29, 1.82) is 0 Å². The largest absolute Gasteiger partial charge is 0.357 e. The van der Waals surface area contributed by atoms with Gasteiger partial charge in [0.05, 0.1) is 6.54 Å². The molecule has 0 aromatic carbocycles. The molecular weight excluding hydrogens is 431 g/mol. The Balaban J connectivity index is 0.00000208. The predicted octanol–water partition coefficient (Wildman–Crippen LogP) is 3.32. The molecule has 1 atom stereocenters. The molecule has 2 saturated carbocycles. The third-order valence-corrected chi connectivity index (χ3v) is 6.68. The van der Waals surface area contributed by atoms with Crippen molar-refractivity contribution in [2.24, 2.45) is 10.9 Å². The Kier molecular flexibility index (Phi) is 8.47. The van der Waals surface area contributed by atoms with Crippen LogP contribution in [0.1, 0.15) is 52.4 Å². The van der Waals surface area contributed by atoms with Crippen LogP contribution in [0.3, 0.4) is 0 Å². The molecule has 140 valence electrons. The highest BCUT2D eigenvalue weighted by atomic mass is 127. The van der Waals surface area contributed by atoms with Gasteiger partial charge in [-0.2, -0.15) is 11.8 Å². The average molecular weight is 466 g/mol. The van der Waals surface area contributed by atoms with E-state index in [4.69, 9.17) is 4.99 Å². The Bertz CT molecular complexity index is 404. The zero-order valence-electron chi connectivity index (χ0n) is 15.4. The van der Waals surface area contributed by atoms with Gasteiger partial charge in [-0.3, -0.25) is 9.89 Å². The van der Waals surface area contributed by atoms with Crippen LogP contribution in [0.25, 0.3) is 0 Å². The molecule has 0 radical (unpaired) electrons. The second-order valence-corrected chi connectivity index (χ2v) is 9.38. The van der Waals surface area contributed by atoms with E-state index in [-0.39, 0.29) is 24.0 Å². The van der Waals surface area contributed by atoms with E-state index in [0.717, 1.165) is 44.1 Å². The minimum absolute atomic E-state index is 0. The number of rotatable bonds is 9. The molecule has 0 spiro atoms. The van der Waals surface area contributed by atoms with Crippen LogP contribution in [0.5, 0.6) is 0 Å². The van der Waals surface area contributed by atoms with Crippen molar-refractivity contribution >= 4 is 41.7 Å². The highest BCUT2D eigenvalue weighted by Crippen LogP contribution is 2.37. The van der Waals surface area contributed by atoms with E-state index in [1.807, 2.05) is 0 Å². The summed E-state index contributed by atoms with van der Waals surface area (Å²) in [5.41, 5.74) is 0. The van der Waals surface area contributed by atoms with Crippen LogP contribution >= 0.6 is 35.7 Å². The van der Waals surface area contributed by atoms with E-state index < -0.39 is 0 Å². The average Bonchev–Trinajstić information content (AvgIpc) is 3.44. The first-order chi connectivity index (χ1) is 11.2. The second-order valence-electron chi connectivity index (χ2n) is 7.69. The number of nitrogens with one attached hydrogen (secondary N) is 2. The summed E-state index contributed by atoms with van der Waals surface area (Å²) in [5.74, 6) is 3.30. The summed E-state index contributed by atoms with van der Waals surface area (Å²) < 4.78 is 0.356. The summed E-state index contributed by atoms with van der Waals surface area (Å²) in [6.07, 6.45) is 8.39.